The van der Waals surface area contributed by atoms with Crippen LogP contribution in [0, 0.1) is 5.92 Å². The van der Waals surface area contributed by atoms with Crippen LogP contribution in [0.1, 0.15) is 96.4 Å². The molecule has 0 aliphatic carbocycles. The number of hydrogen-bond donors (Lipinski definition) is 20. The number of hydrazine groups is 1. The highest BCUT2D eigenvalue weighted by molar-refractivity contribution is 5.99. The van der Waals surface area contributed by atoms with Gasteiger partial charge in [0.2, 0.25) is 53.2 Å². The summed E-state index contributed by atoms with van der Waals surface area (Å²) in [6, 6.07) is -1.66. The number of carbonyl (C=O) groups excluding carboxylic acids is 12. The van der Waals surface area contributed by atoms with Crippen LogP contribution in [0.4, 0.5) is 9.59 Å². The van der Waals surface area contributed by atoms with E-state index >= 15 is 0 Å². The number of imidazole rings is 1. The van der Waals surface area contributed by atoms with Crippen molar-refractivity contribution in [3.05, 3.63) is 84.1 Å². The zero-order chi connectivity index (χ0) is 70.8. The zero-order valence-electron chi connectivity index (χ0n) is 53.8. The number of benzene rings is 2. The highest BCUT2D eigenvalue weighted by Crippen LogP contribution is 2.22. The van der Waals surface area contributed by atoms with E-state index in [1.54, 1.807) is 65.1 Å². The molecular weight excluding hydrogens is 1260 g/mol. The Morgan fingerprint density at radius 1 is 0.708 bits per heavy atom. The van der Waals surface area contributed by atoms with Gasteiger partial charge in [-0.1, -0.05) is 44.2 Å². The summed E-state index contributed by atoms with van der Waals surface area (Å²) >= 11 is 0. The highest BCUT2D eigenvalue weighted by Gasteiger charge is 2.40. The number of rotatable bonds is 31. The predicted molar refractivity (Wildman–Crippen MR) is 343 cm³/mol. The van der Waals surface area contributed by atoms with Gasteiger partial charge in [0.05, 0.1) is 25.1 Å². The number of hydroxylamine groups is 1. The molecule has 14 amide bonds. The highest BCUT2D eigenvalue weighted by atomic mass is 16.5. The number of carbonyl (C=O) groups is 12. The van der Waals surface area contributed by atoms with Crippen molar-refractivity contribution in [2.75, 3.05) is 26.3 Å². The van der Waals surface area contributed by atoms with Crippen LogP contribution in [0.2, 0.25) is 0 Å². The van der Waals surface area contributed by atoms with Crippen molar-refractivity contribution in [3.8, 4) is 5.75 Å². The van der Waals surface area contributed by atoms with E-state index in [-0.39, 0.29) is 94.4 Å². The number of phenols is 1. The smallest absolute Gasteiger partial charge is 0.335 e. The van der Waals surface area contributed by atoms with Gasteiger partial charge in [-0.3, -0.25) is 63.6 Å². The first-order valence-corrected chi connectivity index (χ1v) is 30.8. The molecule has 36 nitrogen and oxygen atoms in total. The number of aromatic hydroxyl groups is 1. The number of ether oxygens (including phenoxy) is 1. The largest absolute Gasteiger partial charge is 0.508 e. The summed E-state index contributed by atoms with van der Waals surface area (Å²) in [5.74, 6) is -8.58. The minimum atomic E-state index is -1.80. The number of aliphatic imine (C=N–C) groups is 1. The van der Waals surface area contributed by atoms with Gasteiger partial charge in [-0.15, -0.1) is 0 Å². The summed E-state index contributed by atoms with van der Waals surface area (Å²) in [5, 5.41) is 50.2. The summed E-state index contributed by atoms with van der Waals surface area (Å²) in [4.78, 5) is 176. The second-order valence-corrected chi connectivity index (χ2v) is 24.1. The molecule has 2 aliphatic heterocycles. The molecule has 2 saturated heterocycles. The number of amides is 14. The molecule has 524 valence electrons. The van der Waals surface area contributed by atoms with Crippen LogP contribution in [0.3, 0.4) is 0 Å². The molecule has 2 fully saturated rings. The Bertz CT molecular complexity index is 3370. The SMILES string of the molecule is CC(C)C[C@@H](NC(=O)[C@@H](COC(C)(C)C)NC(=O)[C@@H](Cc1ccc(O)cc1)NC(=O)[C@@H](CO)NC(=O)[C@H](Cc1c[nH]c2ccccc12)NC(=O)[C@H](Cc1cnc[nH]1)NC(=O)[C@H]1CCC(=O)N1)C(=O)N[C@H](CCCN=C(N)N)C(=O)N1CCC[C@H]1C(=O)NNC(N)=O.NC(=O)NO. The van der Waals surface area contributed by atoms with Gasteiger partial charge in [-0.05, 0) is 94.5 Å². The van der Waals surface area contributed by atoms with Crippen LogP contribution in [0.5, 0.6) is 5.75 Å². The van der Waals surface area contributed by atoms with Gasteiger partial charge < -0.3 is 95.3 Å². The number of fused-ring (bicyclic) bond motifs is 1. The number of aliphatic hydroxyl groups excluding tert-OH is 1. The monoisotopic (exact) mass is 1340 g/mol. The number of para-hydroxylation sites is 1. The van der Waals surface area contributed by atoms with Gasteiger partial charge in [0, 0.05) is 67.8 Å². The normalized spacial score (nSPS) is 16.4. The minimum Gasteiger partial charge on any atom is -0.508 e. The number of likely N-dealkylation sites (tertiary alicyclic amines) is 1. The molecule has 4 heterocycles. The molecule has 2 aromatic carbocycles. The second-order valence-electron chi connectivity index (χ2n) is 24.1. The van der Waals surface area contributed by atoms with Crippen molar-refractivity contribution in [2.45, 2.75) is 159 Å². The van der Waals surface area contributed by atoms with Gasteiger partial charge >= 0.3 is 12.1 Å². The number of nitrogens with two attached hydrogens (primary N) is 4. The van der Waals surface area contributed by atoms with E-state index in [1.165, 1.54) is 47.2 Å². The van der Waals surface area contributed by atoms with E-state index in [2.05, 4.69) is 73.6 Å². The van der Waals surface area contributed by atoms with Crippen molar-refractivity contribution in [3.63, 3.8) is 0 Å². The first-order valence-electron chi connectivity index (χ1n) is 30.8. The molecule has 36 heteroatoms. The van der Waals surface area contributed by atoms with Crippen LogP contribution in [0.25, 0.3) is 10.9 Å². The number of aliphatic hydroxyl groups is 1. The molecule has 0 unspecified atom stereocenters. The third-order valence-electron chi connectivity index (χ3n) is 15.0. The lowest BCUT2D eigenvalue weighted by Gasteiger charge is -2.31. The number of aromatic nitrogens is 3. The lowest BCUT2D eigenvalue weighted by molar-refractivity contribution is -0.142. The van der Waals surface area contributed by atoms with E-state index in [9.17, 15) is 67.7 Å². The Morgan fingerprint density at radius 3 is 1.88 bits per heavy atom. The van der Waals surface area contributed by atoms with Crippen LogP contribution < -0.4 is 81.8 Å². The number of aromatic amines is 2. The maximum atomic E-state index is 14.8. The quantitative estimate of drug-likeness (QED) is 0.00749. The first-order chi connectivity index (χ1) is 45.4. The third kappa shape index (κ3) is 24.7. The Morgan fingerprint density at radius 2 is 1.29 bits per heavy atom. The zero-order valence-corrected chi connectivity index (χ0v) is 53.8. The second kappa shape index (κ2) is 36.7. The molecule has 4 aromatic rings. The topological polar surface area (TPSA) is 571 Å². The molecule has 9 atom stereocenters. The summed E-state index contributed by atoms with van der Waals surface area (Å²) in [6.07, 6.45) is 4.91. The van der Waals surface area contributed by atoms with E-state index < -0.39 is 138 Å². The number of hydrogen-bond acceptors (Lipinski definition) is 18. The maximum absolute atomic E-state index is 14.8. The average Bonchev–Trinajstić information content (AvgIpc) is 1.55. The molecule has 0 radical (unpaired) electrons. The fourth-order valence-electron chi connectivity index (χ4n) is 10.2. The fourth-order valence-corrected chi connectivity index (χ4v) is 10.2. The van der Waals surface area contributed by atoms with Crippen LogP contribution in [-0.2, 0) is 71.9 Å². The number of nitrogens with one attached hydrogen (secondary N) is 13. The van der Waals surface area contributed by atoms with Gasteiger partial charge in [-0.2, -0.15) is 0 Å². The molecule has 24 N–H and O–H groups in total. The van der Waals surface area contributed by atoms with Gasteiger partial charge in [-0.25, -0.2) is 25.5 Å². The third-order valence-corrected chi connectivity index (χ3v) is 15.0. The average molecular weight is 1350 g/mol. The van der Waals surface area contributed by atoms with E-state index in [0.29, 0.717) is 34.1 Å². The van der Waals surface area contributed by atoms with Crippen LogP contribution in [0.15, 0.2) is 72.2 Å². The molecule has 6 rings (SSSR count). The Balaban J connectivity index is 0.00000321. The van der Waals surface area contributed by atoms with Crippen LogP contribution >= 0.6 is 0 Å². The molecular formula is C60H88N20O16. The number of primary amides is 2. The minimum absolute atomic E-state index is 0.00453. The summed E-state index contributed by atoms with van der Waals surface area (Å²) < 4.78 is 6.03. The Labute approximate surface area is 551 Å². The van der Waals surface area contributed by atoms with Crippen molar-refractivity contribution in [1.29, 1.82) is 0 Å². The van der Waals surface area contributed by atoms with Crippen molar-refractivity contribution < 1.29 is 77.7 Å². The van der Waals surface area contributed by atoms with Gasteiger partial charge in [0.15, 0.2) is 5.96 Å². The van der Waals surface area contributed by atoms with Crippen molar-refractivity contribution in [1.82, 2.24) is 78.7 Å². The van der Waals surface area contributed by atoms with Crippen LogP contribution in [-0.4, -0.2) is 199 Å². The van der Waals surface area contributed by atoms with Gasteiger partial charge in [0.25, 0.3) is 5.91 Å². The van der Waals surface area contributed by atoms with Gasteiger partial charge in [0.1, 0.15) is 60.1 Å². The summed E-state index contributed by atoms with van der Waals surface area (Å²) in [6.45, 7) is 7.28. The van der Waals surface area contributed by atoms with E-state index in [1.807, 2.05) is 5.43 Å². The number of nitrogens with zero attached hydrogens (tertiary/aromatic N) is 3. The number of H-pyrrole nitrogens is 2. The fraction of sp³-hybridized carbons (Fsp3) is 0.500. The molecule has 0 bridgehead atoms. The number of urea groups is 2. The summed E-state index contributed by atoms with van der Waals surface area (Å²) in [5.41, 5.74) is 27.0. The first kappa shape index (κ1) is 76.1. The molecule has 96 heavy (non-hydrogen) atoms. The lowest BCUT2D eigenvalue weighted by atomic mass is 10.0. The van der Waals surface area contributed by atoms with E-state index in [0.717, 1.165) is 0 Å². The number of guanidine groups is 1. The van der Waals surface area contributed by atoms with Crippen molar-refractivity contribution in [2.24, 2.45) is 33.8 Å². The predicted octanol–water partition coefficient (Wildman–Crippen LogP) is -4.06. The van der Waals surface area contributed by atoms with Crippen molar-refractivity contribution >= 4 is 88.0 Å². The standard InChI is InChI=1S/C59H84N18O14.CH4N2O2/c1-31(2)22-40(49(82)68-39(12-8-20-64-57(60)61)56(89)77-21-9-13-46(77)55(88)75-76-58(62)90)69-54(87)45(29-91-59(3,4)5)74-50(83)41(23-32-14-16-35(79)17-15-32)70-53(86)44(28-78)73-51(84)42(24-33-26-65-37-11-7-6-10-36(33)37)71-52(85)43(25-34-27-63-30-66-34)72-48(81)38-18-19-47(80)67-38;2-1(4)3-5/h6-7,10-11,14-17,26-27,30-31,38-46,65,78-79H,8-9,12-13,18-25,28-29H2,1-5H3,(H,63,66)(H,67,80)(H,68,82)(H,69,87)(H,70,86)(H,71,85)(H,72,81)(H,73,84)(H,74,83)(H,75,88)(H4,60,61,64)(H3,62,76,90);5H,(H3,2,3,4)/t38-,39-,40-,41-,42+,43+,44-,45-,46+;/m1./s1. The molecule has 2 aromatic heterocycles. The lowest BCUT2D eigenvalue weighted by Crippen LogP contribution is -2.62. The number of phenolic OH excluding ortho intramolecular Hbond substituents is 1. The summed E-state index contributed by atoms with van der Waals surface area (Å²) in [7, 11) is 0. The Kier molecular flexibility index (Phi) is 29.1. The molecule has 2 aliphatic rings. The maximum Gasteiger partial charge on any atom is 0.335 e. The van der Waals surface area contributed by atoms with E-state index in [4.69, 9.17) is 27.1 Å². The molecule has 0 saturated carbocycles. The Hall–Kier alpha value is -10.6. The molecule has 0 spiro atoms.